The summed E-state index contributed by atoms with van der Waals surface area (Å²) in [6.45, 7) is 8.28. The van der Waals surface area contributed by atoms with Gasteiger partial charge < -0.3 is 29.7 Å². The van der Waals surface area contributed by atoms with Crippen molar-refractivity contribution in [3.8, 4) is 11.5 Å². The number of nitrogens with zero attached hydrogens (tertiary/aromatic N) is 6. The van der Waals surface area contributed by atoms with E-state index in [0.717, 1.165) is 70.2 Å². The third-order valence-corrected chi connectivity index (χ3v) is 9.14. The quantitative estimate of drug-likeness (QED) is 0.230. The Kier molecular flexibility index (Phi) is 9.67. The van der Waals surface area contributed by atoms with E-state index in [2.05, 4.69) is 49.3 Å². The van der Waals surface area contributed by atoms with Crippen molar-refractivity contribution >= 4 is 34.4 Å². The summed E-state index contributed by atoms with van der Waals surface area (Å²) in [7, 11) is 3.85. The molecule has 0 saturated carbocycles. The van der Waals surface area contributed by atoms with Crippen molar-refractivity contribution in [3.05, 3.63) is 65.9 Å². The van der Waals surface area contributed by atoms with Crippen molar-refractivity contribution in [1.29, 1.82) is 0 Å². The number of anilines is 3. The number of halogens is 3. The highest BCUT2D eigenvalue weighted by Gasteiger charge is 2.34. The fourth-order valence-corrected chi connectivity index (χ4v) is 6.21. The molecule has 4 heterocycles. The van der Waals surface area contributed by atoms with Crippen molar-refractivity contribution in [1.82, 2.24) is 29.2 Å². The molecule has 1 amide bonds. The number of likely N-dealkylation sites (N-methyl/N-ethyl adjacent to an activating group) is 1. The van der Waals surface area contributed by atoms with E-state index in [9.17, 15) is 18.0 Å². The van der Waals surface area contributed by atoms with Crippen LogP contribution in [0.25, 0.3) is 11.0 Å². The van der Waals surface area contributed by atoms with Crippen LogP contribution in [0.2, 0.25) is 0 Å². The number of amides is 1. The van der Waals surface area contributed by atoms with Crippen LogP contribution in [0.3, 0.4) is 0 Å². The highest BCUT2D eigenvalue weighted by molar-refractivity contribution is 5.92. The summed E-state index contributed by atoms with van der Waals surface area (Å²) in [4.78, 5) is 28.2. The second-order valence-electron chi connectivity index (χ2n) is 12.4. The summed E-state index contributed by atoms with van der Waals surface area (Å²) >= 11 is 0. The predicted molar refractivity (Wildman–Crippen MR) is 176 cm³/mol. The van der Waals surface area contributed by atoms with E-state index >= 15 is 0 Å². The number of benzene rings is 2. The van der Waals surface area contributed by atoms with Gasteiger partial charge in [0, 0.05) is 69.7 Å². The molecule has 2 aromatic heterocycles. The maximum absolute atomic E-state index is 14.2. The first-order chi connectivity index (χ1) is 22.6. The summed E-state index contributed by atoms with van der Waals surface area (Å²) in [6, 6.07) is 13.2. The number of ether oxygens (including phenoxy) is 1. The molecule has 10 nitrogen and oxygen atoms in total. The molecule has 47 heavy (non-hydrogen) atoms. The Hall–Kier alpha value is -4.20. The molecule has 0 spiro atoms. The Balaban J connectivity index is 1.14. The fourth-order valence-electron chi connectivity index (χ4n) is 6.21. The summed E-state index contributed by atoms with van der Waals surface area (Å²) < 4.78 is 50.4. The molecule has 250 valence electrons. The Labute approximate surface area is 272 Å². The number of fused-ring (bicyclic) bond motifs is 1. The summed E-state index contributed by atoms with van der Waals surface area (Å²) in [5.74, 6) is 1.78. The normalized spacial score (nSPS) is 17.2. The molecule has 0 unspecified atom stereocenters. The van der Waals surface area contributed by atoms with Gasteiger partial charge in [0.1, 0.15) is 17.3 Å². The van der Waals surface area contributed by atoms with Crippen molar-refractivity contribution < 1.29 is 22.7 Å². The second kappa shape index (κ2) is 13.9. The number of rotatable bonds is 9. The molecule has 13 heteroatoms. The molecule has 0 aliphatic carbocycles. The topological polar surface area (TPSA) is 90.8 Å². The van der Waals surface area contributed by atoms with E-state index < -0.39 is 11.7 Å². The van der Waals surface area contributed by atoms with E-state index in [1.807, 2.05) is 6.07 Å². The van der Waals surface area contributed by atoms with Crippen molar-refractivity contribution in [2.45, 2.75) is 32.5 Å². The number of likely N-dealkylation sites (tertiary alicyclic amines) is 1. The van der Waals surface area contributed by atoms with E-state index in [1.165, 1.54) is 0 Å². The summed E-state index contributed by atoms with van der Waals surface area (Å²) in [5.41, 5.74) is 1.31. The third kappa shape index (κ3) is 7.86. The van der Waals surface area contributed by atoms with Crippen LogP contribution in [0.1, 0.15) is 30.9 Å². The second-order valence-corrected chi connectivity index (χ2v) is 12.4. The van der Waals surface area contributed by atoms with E-state index in [1.54, 1.807) is 54.2 Å². The number of aromatic nitrogens is 3. The lowest BCUT2D eigenvalue weighted by Crippen LogP contribution is -2.45. The first-order valence-corrected chi connectivity index (χ1v) is 16.1. The first kappa shape index (κ1) is 32.7. The number of carbonyl (C=O) groups excluding carboxylic acids is 1. The number of imidazole rings is 1. The predicted octanol–water partition coefficient (Wildman–Crippen LogP) is 5.94. The molecule has 6 rings (SSSR count). The highest BCUT2D eigenvalue weighted by Crippen LogP contribution is 2.36. The number of alkyl halides is 3. The third-order valence-electron chi connectivity index (χ3n) is 9.14. The van der Waals surface area contributed by atoms with E-state index in [0.29, 0.717) is 34.5 Å². The molecule has 0 radical (unpaired) electrons. The average Bonchev–Trinajstić information content (AvgIpc) is 3.36. The maximum atomic E-state index is 14.2. The molecule has 2 aliphatic heterocycles. The highest BCUT2D eigenvalue weighted by atomic mass is 19.4. The number of carbonyl (C=O) groups is 1. The van der Waals surface area contributed by atoms with Gasteiger partial charge in [-0.1, -0.05) is 13.0 Å². The van der Waals surface area contributed by atoms with Gasteiger partial charge in [0.05, 0.1) is 16.6 Å². The standard InChI is InChI=1S/C34H41F3N8O2/c1-4-44-15-17-45(18-16-44)22-24-5-6-25(19-28(24)34(35,36)37)39-33-40-29-8-7-26(20-30(29)43(33)3)47-27-9-12-38-31(21-27)41-32(46)23-10-13-42(2)14-11-23/h5-9,12,19-21,23H,4,10-11,13-18,22H2,1-3H3,(H,39,40)(H,38,41,46). The van der Waals surface area contributed by atoms with E-state index in [-0.39, 0.29) is 23.9 Å². The number of hydrogen-bond acceptors (Lipinski definition) is 8. The van der Waals surface area contributed by atoms with Crippen molar-refractivity contribution in [2.75, 3.05) is 63.5 Å². The van der Waals surface area contributed by atoms with Gasteiger partial charge in [0.2, 0.25) is 11.9 Å². The lowest BCUT2D eigenvalue weighted by atomic mass is 9.96. The Bertz CT molecular complexity index is 1710. The fraction of sp³-hybridized carbons (Fsp3) is 0.441. The average molecular weight is 651 g/mol. The van der Waals surface area contributed by atoms with Crippen LogP contribution in [0, 0.1) is 5.92 Å². The molecule has 2 fully saturated rings. The van der Waals surface area contributed by atoms with Crippen molar-refractivity contribution in [2.24, 2.45) is 13.0 Å². The van der Waals surface area contributed by atoms with Gasteiger partial charge in [-0.2, -0.15) is 13.2 Å². The van der Waals surface area contributed by atoms with Gasteiger partial charge in [-0.15, -0.1) is 0 Å². The zero-order valence-corrected chi connectivity index (χ0v) is 27.0. The van der Waals surface area contributed by atoms with Gasteiger partial charge >= 0.3 is 6.18 Å². The van der Waals surface area contributed by atoms with Crippen LogP contribution >= 0.6 is 0 Å². The Morgan fingerprint density at radius 1 is 0.936 bits per heavy atom. The number of piperazine rings is 1. The minimum Gasteiger partial charge on any atom is -0.457 e. The first-order valence-electron chi connectivity index (χ1n) is 16.1. The zero-order chi connectivity index (χ0) is 33.1. The molecule has 0 bridgehead atoms. The van der Waals surface area contributed by atoms with Gasteiger partial charge in [0.15, 0.2) is 0 Å². The van der Waals surface area contributed by atoms with Gasteiger partial charge in [0.25, 0.3) is 0 Å². The van der Waals surface area contributed by atoms with Gasteiger partial charge in [-0.05, 0) is 75.4 Å². The van der Waals surface area contributed by atoms with Gasteiger partial charge in [-0.3, -0.25) is 9.69 Å². The van der Waals surface area contributed by atoms with Crippen LogP contribution < -0.4 is 15.4 Å². The number of piperidine rings is 1. The molecule has 2 N–H and O–H groups in total. The Morgan fingerprint density at radius 3 is 2.38 bits per heavy atom. The van der Waals surface area contributed by atoms with Crippen molar-refractivity contribution in [3.63, 3.8) is 0 Å². The molecule has 2 aliphatic rings. The number of pyridine rings is 1. The minimum atomic E-state index is -4.49. The van der Waals surface area contributed by atoms with Crippen LogP contribution in [-0.2, 0) is 24.6 Å². The van der Waals surface area contributed by atoms with Crippen LogP contribution in [0.15, 0.2) is 54.7 Å². The Morgan fingerprint density at radius 2 is 1.66 bits per heavy atom. The minimum absolute atomic E-state index is 0.0402. The largest absolute Gasteiger partial charge is 0.457 e. The SMILES string of the molecule is CCN1CCN(Cc2ccc(Nc3nc4ccc(Oc5ccnc(NC(=O)C6CCN(C)CC6)c5)cc4n3C)cc2C(F)(F)F)CC1. The maximum Gasteiger partial charge on any atom is 0.416 e. The van der Waals surface area contributed by atoms with Crippen LogP contribution in [0.4, 0.5) is 30.6 Å². The monoisotopic (exact) mass is 650 g/mol. The molecule has 0 atom stereocenters. The van der Waals surface area contributed by atoms with Crippen LogP contribution in [-0.4, -0.2) is 88.0 Å². The summed E-state index contributed by atoms with van der Waals surface area (Å²) in [5, 5.41) is 6.00. The van der Waals surface area contributed by atoms with Gasteiger partial charge in [-0.25, -0.2) is 9.97 Å². The molecule has 2 aromatic carbocycles. The molecule has 2 saturated heterocycles. The number of nitrogens with one attached hydrogen (secondary N) is 2. The molecular weight excluding hydrogens is 609 g/mol. The number of hydrogen-bond donors (Lipinski definition) is 2. The van der Waals surface area contributed by atoms with E-state index in [4.69, 9.17) is 4.74 Å². The lowest BCUT2D eigenvalue weighted by Gasteiger charge is -2.34. The number of aryl methyl sites for hydroxylation is 1. The molecule has 4 aromatic rings. The zero-order valence-electron chi connectivity index (χ0n) is 27.0. The molecular formula is C34H41F3N8O2. The smallest absolute Gasteiger partial charge is 0.416 e. The lowest BCUT2D eigenvalue weighted by molar-refractivity contribution is -0.138. The van der Waals surface area contributed by atoms with Crippen LogP contribution in [0.5, 0.6) is 11.5 Å². The summed E-state index contributed by atoms with van der Waals surface area (Å²) in [6.07, 6.45) is -1.28.